The molecule has 1 aromatic carbocycles. The number of anilines is 1. The summed E-state index contributed by atoms with van der Waals surface area (Å²) >= 11 is 5.90. The van der Waals surface area contributed by atoms with E-state index in [2.05, 4.69) is 15.5 Å². The van der Waals surface area contributed by atoms with Crippen LogP contribution in [0.15, 0.2) is 30.3 Å². The molecule has 6 heteroatoms. The second kappa shape index (κ2) is 5.10. The van der Waals surface area contributed by atoms with Crippen molar-refractivity contribution in [2.24, 2.45) is 0 Å². The molecule has 1 aromatic heterocycles. The maximum absolute atomic E-state index is 11.9. The number of nitrogens with one attached hydrogen (secondary N) is 2. The predicted molar refractivity (Wildman–Crippen MR) is 70.3 cm³/mol. The minimum Gasteiger partial charge on any atom is -0.382 e. The molecule has 18 heavy (non-hydrogen) atoms. The molecule has 0 bridgehead atoms. The number of H-pyrrole nitrogens is 1. The van der Waals surface area contributed by atoms with Crippen molar-refractivity contribution in [3.8, 4) is 0 Å². The number of rotatable bonds is 3. The molecule has 1 amide bonds. The minimum atomic E-state index is -0.258. The Morgan fingerprint density at radius 1 is 1.50 bits per heavy atom. The van der Waals surface area contributed by atoms with Gasteiger partial charge in [0.15, 0.2) is 0 Å². The van der Waals surface area contributed by atoms with Crippen LogP contribution in [-0.4, -0.2) is 16.1 Å². The Morgan fingerprint density at radius 3 is 2.89 bits per heavy atom. The number of nitrogen functional groups attached to an aromatic ring is 1. The van der Waals surface area contributed by atoms with Crippen LogP contribution in [0.2, 0.25) is 5.02 Å². The zero-order valence-electron chi connectivity index (χ0n) is 9.77. The molecular weight excluding hydrogens is 252 g/mol. The van der Waals surface area contributed by atoms with Gasteiger partial charge in [-0.05, 0) is 24.6 Å². The summed E-state index contributed by atoms with van der Waals surface area (Å²) in [6.07, 6.45) is 0. The van der Waals surface area contributed by atoms with Crippen LogP contribution in [0.4, 0.5) is 5.82 Å². The average molecular weight is 265 g/mol. The zero-order chi connectivity index (χ0) is 13.1. The number of halogens is 1. The van der Waals surface area contributed by atoms with E-state index in [9.17, 15) is 4.79 Å². The number of aromatic nitrogens is 2. The van der Waals surface area contributed by atoms with Gasteiger partial charge in [-0.15, -0.1) is 0 Å². The van der Waals surface area contributed by atoms with Gasteiger partial charge in [0.2, 0.25) is 0 Å². The predicted octanol–water partition coefficient (Wildman–Crippen LogP) is 2.14. The van der Waals surface area contributed by atoms with Gasteiger partial charge in [-0.1, -0.05) is 23.7 Å². The molecule has 0 spiro atoms. The zero-order valence-corrected chi connectivity index (χ0v) is 10.5. The normalized spacial score (nSPS) is 12.1. The van der Waals surface area contributed by atoms with Crippen molar-refractivity contribution in [2.75, 3.05) is 5.73 Å². The first-order valence-corrected chi connectivity index (χ1v) is 5.81. The van der Waals surface area contributed by atoms with Crippen LogP contribution >= 0.6 is 11.6 Å². The van der Waals surface area contributed by atoms with Crippen molar-refractivity contribution in [1.82, 2.24) is 15.5 Å². The van der Waals surface area contributed by atoms with Crippen LogP contribution in [0.3, 0.4) is 0 Å². The number of nitrogens with zero attached hydrogens (tertiary/aromatic N) is 1. The molecule has 2 aromatic rings. The Hall–Kier alpha value is -2.01. The molecule has 0 saturated carbocycles. The fraction of sp³-hybridized carbons (Fsp3) is 0.167. The summed E-state index contributed by atoms with van der Waals surface area (Å²) in [5.74, 6) is 0.0298. The summed E-state index contributed by atoms with van der Waals surface area (Å²) < 4.78 is 0. The quantitative estimate of drug-likeness (QED) is 0.794. The third-order valence-electron chi connectivity index (χ3n) is 2.54. The van der Waals surface area contributed by atoms with Crippen LogP contribution in [0.5, 0.6) is 0 Å². The lowest BCUT2D eigenvalue weighted by Gasteiger charge is -2.13. The molecule has 0 aliphatic heterocycles. The fourth-order valence-corrected chi connectivity index (χ4v) is 1.79. The lowest BCUT2D eigenvalue weighted by molar-refractivity contribution is 0.0935. The van der Waals surface area contributed by atoms with E-state index < -0.39 is 0 Å². The van der Waals surface area contributed by atoms with E-state index in [4.69, 9.17) is 17.3 Å². The minimum absolute atomic E-state index is 0.152. The molecule has 5 nitrogen and oxygen atoms in total. The summed E-state index contributed by atoms with van der Waals surface area (Å²) in [7, 11) is 0. The Morgan fingerprint density at radius 2 is 2.28 bits per heavy atom. The number of benzene rings is 1. The molecule has 2 rings (SSSR count). The molecule has 0 radical (unpaired) electrons. The summed E-state index contributed by atoms with van der Waals surface area (Å²) in [5, 5.41) is 9.73. The smallest absolute Gasteiger partial charge is 0.269 e. The van der Waals surface area contributed by atoms with Gasteiger partial charge in [0.1, 0.15) is 11.5 Å². The molecule has 0 aliphatic carbocycles. The highest BCUT2D eigenvalue weighted by atomic mass is 35.5. The number of hydrogen-bond donors (Lipinski definition) is 3. The van der Waals surface area contributed by atoms with Crippen molar-refractivity contribution in [3.63, 3.8) is 0 Å². The molecule has 4 N–H and O–H groups in total. The van der Waals surface area contributed by atoms with Crippen LogP contribution < -0.4 is 11.1 Å². The van der Waals surface area contributed by atoms with Gasteiger partial charge in [-0.25, -0.2) is 0 Å². The largest absolute Gasteiger partial charge is 0.382 e. The Bertz CT molecular complexity index is 567. The first kappa shape index (κ1) is 12.4. The molecule has 0 fully saturated rings. The highest BCUT2D eigenvalue weighted by molar-refractivity contribution is 6.30. The SMILES string of the molecule is CC(NC(=O)c1cc(N)n[nH]1)c1cccc(Cl)c1. The van der Waals surface area contributed by atoms with Crippen LogP contribution in [0.25, 0.3) is 0 Å². The van der Waals surface area contributed by atoms with Crippen molar-refractivity contribution in [3.05, 3.63) is 46.6 Å². The Labute approximate surface area is 109 Å². The molecule has 0 aliphatic rings. The number of carbonyl (C=O) groups excluding carboxylic acids is 1. The number of hydrogen-bond acceptors (Lipinski definition) is 3. The molecule has 94 valence electrons. The molecular formula is C12H13ClN4O. The first-order chi connectivity index (χ1) is 8.56. The average Bonchev–Trinajstić information content (AvgIpc) is 2.76. The van der Waals surface area contributed by atoms with E-state index in [0.29, 0.717) is 10.7 Å². The monoisotopic (exact) mass is 264 g/mol. The summed E-state index contributed by atoms with van der Waals surface area (Å²) in [5.41, 5.74) is 6.71. The standard InChI is InChI=1S/C12H13ClN4O/c1-7(8-3-2-4-9(13)5-8)15-12(18)10-6-11(14)17-16-10/h2-7H,1H3,(H,15,18)(H3,14,16,17). The number of amides is 1. The second-order valence-corrected chi connectivity index (χ2v) is 4.39. The summed E-state index contributed by atoms with van der Waals surface area (Å²) in [4.78, 5) is 11.9. The number of nitrogens with two attached hydrogens (primary N) is 1. The van der Waals surface area contributed by atoms with Gasteiger partial charge in [-0.2, -0.15) is 5.10 Å². The van der Waals surface area contributed by atoms with E-state index in [1.807, 2.05) is 25.1 Å². The van der Waals surface area contributed by atoms with Crippen LogP contribution in [-0.2, 0) is 0 Å². The van der Waals surface area contributed by atoms with Gasteiger partial charge < -0.3 is 11.1 Å². The number of aromatic amines is 1. The Kier molecular flexibility index (Phi) is 3.53. The summed E-state index contributed by atoms with van der Waals surface area (Å²) in [6.45, 7) is 1.88. The van der Waals surface area contributed by atoms with Gasteiger partial charge in [-0.3, -0.25) is 9.89 Å². The maximum Gasteiger partial charge on any atom is 0.269 e. The van der Waals surface area contributed by atoms with Crippen molar-refractivity contribution >= 4 is 23.3 Å². The van der Waals surface area contributed by atoms with E-state index in [-0.39, 0.29) is 17.8 Å². The lowest BCUT2D eigenvalue weighted by atomic mass is 10.1. The second-order valence-electron chi connectivity index (χ2n) is 3.96. The van der Waals surface area contributed by atoms with Gasteiger partial charge in [0, 0.05) is 11.1 Å². The summed E-state index contributed by atoms with van der Waals surface area (Å²) in [6, 6.07) is 8.68. The van der Waals surface area contributed by atoms with E-state index in [1.165, 1.54) is 6.07 Å². The highest BCUT2D eigenvalue weighted by Crippen LogP contribution is 2.17. The molecule has 1 unspecified atom stereocenters. The van der Waals surface area contributed by atoms with Crippen molar-refractivity contribution < 1.29 is 4.79 Å². The number of carbonyl (C=O) groups is 1. The van der Waals surface area contributed by atoms with Crippen LogP contribution in [0.1, 0.15) is 29.0 Å². The third kappa shape index (κ3) is 2.81. The van der Waals surface area contributed by atoms with E-state index in [0.717, 1.165) is 5.56 Å². The van der Waals surface area contributed by atoms with Crippen molar-refractivity contribution in [2.45, 2.75) is 13.0 Å². The van der Waals surface area contributed by atoms with Gasteiger partial charge in [0.05, 0.1) is 6.04 Å². The van der Waals surface area contributed by atoms with Crippen molar-refractivity contribution in [1.29, 1.82) is 0 Å². The molecule has 1 heterocycles. The van der Waals surface area contributed by atoms with E-state index >= 15 is 0 Å². The molecule has 0 saturated heterocycles. The maximum atomic E-state index is 11.9. The third-order valence-corrected chi connectivity index (χ3v) is 2.77. The Balaban J connectivity index is 2.07. The van der Waals surface area contributed by atoms with E-state index in [1.54, 1.807) is 6.07 Å². The lowest BCUT2D eigenvalue weighted by Crippen LogP contribution is -2.26. The molecule has 1 atom stereocenters. The highest BCUT2D eigenvalue weighted by Gasteiger charge is 2.13. The topological polar surface area (TPSA) is 83.8 Å². The van der Waals surface area contributed by atoms with Gasteiger partial charge in [0.25, 0.3) is 5.91 Å². The van der Waals surface area contributed by atoms with Crippen LogP contribution in [0, 0.1) is 0 Å². The first-order valence-electron chi connectivity index (χ1n) is 5.43. The fourth-order valence-electron chi connectivity index (χ4n) is 1.59. The van der Waals surface area contributed by atoms with Gasteiger partial charge >= 0.3 is 0 Å².